The van der Waals surface area contributed by atoms with Gasteiger partial charge in [0.2, 0.25) is 0 Å². The summed E-state index contributed by atoms with van der Waals surface area (Å²) in [4.78, 5) is 12.2. The topological polar surface area (TPSA) is 17.1 Å². The van der Waals surface area contributed by atoms with E-state index in [2.05, 4.69) is 26.0 Å². The zero-order chi connectivity index (χ0) is 13.2. The minimum absolute atomic E-state index is 0.0933. The van der Waals surface area contributed by atoms with E-state index < -0.39 is 0 Å². The van der Waals surface area contributed by atoms with Gasteiger partial charge in [0.05, 0.1) is 0 Å². The van der Waals surface area contributed by atoms with Crippen LogP contribution in [0.4, 0.5) is 0 Å². The van der Waals surface area contributed by atoms with Gasteiger partial charge in [-0.15, -0.1) is 0 Å². The number of hydrogen-bond acceptors (Lipinski definition) is 1. The monoisotopic (exact) mass is 434 g/mol. The molecule has 2 heteroatoms. The minimum atomic E-state index is 0.0933. The molecule has 0 N–H and O–H groups in total. The van der Waals surface area contributed by atoms with E-state index in [0.717, 1.165) is 35.8 Å². The van der Waals surface area contributed by atoms with E-state index in [0.29, 0.717) is 0 Å². The van der Waals surface area contributed by atoms with Crippen LogP contribution >= 0.6 is 0 Å². The van der Waals surface area contributed by atoms with Crippen molar-refractivity contribution >= 4 is 30.5 Å². The standard InChI is InChI=1S/C16H15O.Bi.2H/c1-12(2)13-8-10-15(11-9-13)16(17)14-6-4-3-5-7-14;;;/h3-11H,1-2H3;;;. The molecule has 0 radical (unpaired) electrons. The predicted molar refractivity (Wildman–Crippen MR) is 77.9 cm³/mol. The van der Waals surface area contributed by atoms with Gasteiger partial charge in [-0.05, 0) is 0 Å². The first-order valence-corrected chi connectivity index (χ1v) is 8.22. The summed E-state index contributed by atoms with van der Waals surface area (Å²) in [5, 5.41) is 0. The maximum absolute atomic E-state index is 12.2. The van der Waals surface area contributed by atoms with Crippen LogP contribution in [0.15, 0.2) is 54.6 Å². The molecule has 0 bridgehead atoms. The second kappa shape index (κ2) is 5.32. The fourth-order valence-corrected chi connectivity index (χ4v) is 2.56. The van der Waals surface area contributed by atoms with Gasteiger partial charge in [-0.1, -0.05) is 0 Å². The predicted octanol–water partition coefficient (Wildman–Crippen LogP) is 2.79. The van der Waals surface area contributed by atoms with Crippen LogP contribution in [0.5, 0.6) is 0 Å². The van der Waals surface area contributed by atoms with E-state index in [1.54, 1.807) is 0 Å². The molecule has 0 aliphatic carbocycles. The molecule has 0 aromatic heterocycles. The van der Waals surface area contributed by atoms with E-state index in [-0.39, 0.29) is 8.91 Å². The number of benzene rings is 2. The van der Waals surface area contributed by atoms with Crippen LogP contribution in [-0.4, -0.2) is 30.5 Å². The molecule has 0 saturated heterocycles. The molecule has 1 nitrogen and oxygen atoms in total. The van der Waals surface area contributed by atoms with Crippen molar-refractivity contribution in [2.24, 2.45) is 0 Å². The van der Waals surface area contributed by atoms with Crippen LogP contribution in [0, 0.1) is 0 Å². The summed E-state index contributed by atoms with van der Waals surface area (Å²) in [6, 6.07) is 17.5. The average molecular weight is 434 g/mol. The Morgan fingerprint density at radius 3 is 1.89 bits per heavy atom. The van der Waals surface area contributed by atoms with Crippen LogP contribution < -0.4 is 0 Å². The molecular formula is C16H17BiO. The average Bonchev–Trinajstić information content (AvgIpc) is 2.38. The Kier molecular flexibility index (Phi) is 3.97. The summed E-state index contributed by atoms with van der Waals surface area (Å²) in [6.45, 7) is 4.48. The van der Waals surface area contributed by atoms with Gasteiger partial charge < -0.3 is 0 Å². The van der Waals surface area contributed by atoms with Crippen LogP contribution in [0.2, 0.25) is 0 Å². The Morgan fingerprint density at radius 1 is 0.889 bits per heavy atom. The summed E-state index contributed by atoms with van der Waals surface area (Å²) in [6.07, 6.45) is 0. The number of carbonyl (C=O) groups excluding carboxylic acids is 1. The Labute approximate surface area is 123 Å². The molecule has 0 aliphatic heterocycles. The normalized spacial score (nSPS) is 11.3. The Morgan fingerprint density at radius 2 is 1.39 bits per heavy atom. The van der Waals surface area contributed by atoms with Gasteiger partial charge in [-0.3, -0.25) is 0 Å². The van der Waals surface area contributed by atoms with Gasteiger partial charge in [0.25, 0.3) is 0 Å². The Hall–Kier alpha value is -1.01. The molecule has 0 saturated carbocycles. The molecule has 2 aromatic rings. The van der Waals surface area contributed by atoms with Gasteiger partial charge in [0, 0.05) is 0 Å². The number of hydrogen-bond donors (Lipinski definition) is 0. The molecule has 18 heavy (non-hydrogen) atoms. The molecule has 0 amide bonds. The Bertz CT molecular complexity index is 536. The van der Waals surface area contributed by atoms with E-state index in [1.165, 1.54) is 5.56 Å². The van der Waals surface area contributed by atoms with Crippen LogP contribution in [0.3, 0.4) is 0 Å². The van der Waals surface area contributed by atoms with Crippen molar-refractivity contribution in [1.82, 2.24) is 0 Å². The molecule has 0 atom stereocenters. The molecule has 0 heterocycles. The van der Waals surface area contributed by atoms with Crippen molar-refractivity contribution < 1.29 is 4.79 Å². The van der Waals surface area contributed by atoms with Crippen molar-refractivity contribution in [1.29, 1.82) is 0 Å². The fourth-order valence-electron chi connectivity index (χ4n) is 1.81. The summed E-state index contributed by atoms with van der Waals surface area (Å²) >= 11 is 0.887. The van der Waals surface area contributed by atoms with Crippen molar-refractivity contribution in [2.75, 3.05) is 0 Å². The van der Waals surface area contributed by atoms with Gasteiger partial charge in [0.1, 0.15) is 0 Å². The van der Waals surface area contributed by atoms with Crippen molar-refractivity contribution in [3.05, 3.63) is 71.3 Å². The third kappa shape index (κ3) is 3.06. The van der Waals surface area contributed by atoms with E-state index in [9.17, 15) is 4.79 Å². The Balaban J connectivity index is 2.28. The van der Waals surface area contributed by atoms with Gasteiger partial charge in [0.15, 0.2) is 0 Å². The maximum atomic E-state index is 12.2. The fraction of sp³-hybridized carbons (Fsp3) is 0.188. The molecule has 0 fully saturated rings. The zero-order valence-corrected chi connectivity index (χ0v) is 15.2. The SMILES string of the molecule is C[C](C)([BiH2])c1ccc(C(=O)c2ccccc2)cc1. The quantitative estimate of drug-likeness (QED) is 0.537. The first-order chi connectivity index (χ1) is 8.48. The molecule has 0 spiro atoms. The van der Waals surface area contributed by atoms with E-state index >= 15 is 0 Å². The first-order valence-electron chi connectivity index (χ1n) is 5.97. The summed E-state index contributed by atoms with van der Waals surface area (Å²) < 4.78 is 0.286. The summed E-state index contributed by atoms with van der Waals surface area (Å²) in [7, 11) is 0. The first kappa shape index (κ1) is 13.4. The summed E-state index contributed by atoms with van der Waals surface area (Å²) in [5.74, 6) is 0.0933. The van der Waals surface area contributed by atoms with E-state index in [4.69, 9.17) is 0 Å². The molecule has 0 aliphatic rings. The number of carbonyl (C=O) groups is 1. The van der Waals surface area contributed by atoms with Crippen LogP contribution in [-0.2, 0) is 3.12 Å². The van der Waals surface area contributed by atoms with Gasteiger partial charge in [-0.25, -0.2) is 0 Å². The second-order valence-corrected chi connectivity index (χ2v) is 10.6. The second-order valence-electron chi connectivity index (χ2n) is 4.99. The van der Waals surface area contributed by atoms with Gasteiger partial charge in [-0.2, -0.15) is 0 Å². The van der Waals surface area contributed by atoms with Gasteiger partial charge >= 0.3 is 124 Å². The molecular weight excluding hydrogens is 417 g/mol. The third-order valence-corrected chi connectivity index (χ3v) is 4.22. The zero-order valence-electron chi connectivity index (χ0n) is 10.7. The molecule has 2 rings (SSSR count). The van der Waals surface area contributed by atoms with Crippen LogP contribution in [0.25, 0.3) is 0 Å². The third-order valence-electron chi connectivity index (χ3n) is 2.93. The van der Waals surface area contributed by atoms with E-state index in [1.807, 2.05) is 42.5 Å². The molecule has 2 aromatic carbocycles. The molecule has 0 unspecified atom stereocenters. The van der Waals surface area contributed by atoms with Crippen molar-refractivity contribution in [3.8, 4) is 0 Å². The van der Waals surface area contributed by atoms with Crippen molar-refractivity contribution in [3.63, 3.8) is 0 Å². The molecule has 92 valence electrons. The van der Waals surface area contributed by atoms with Crippen LogP contribution in [0.1, 0.15) is 35.3 Å². The summed E-state index contributed by atoms with van der Waals surface area (Å²) in [5.41, 5.74) is 2.83. The number of rotatable bonds is 3. The van der Waals surface area contributed by atoms with Crippen molar-refractivity contribution in [2.45, 2.75) is 17.0 Å². The number of ketones is 1.